The molecule has 10 heteroatoms. The molecule has 0 bridgehead atoms. The van der Waals surface area contributed by atoms with Gasteiger partial charge in [0.1, 0.15) is 5.75 Å². The first-order valence-electron chi connectivity index (χ1n) is 9.97. The summed E-state index contributed by atoms with van der Waals surface area (Å²) in [5, 5.41) is 0.853. The molecule has 1 atom stereocenters. The Bertz CT molecular complexity index is 1230. The Morgan fingerprint density at radius 3 is 2.50 bits per heavy atom. The number of benzene rings is 2. The number of rotatable bonds is 5. The maximum Gasteiger partial charge on any atom is 0.387 e. The molecule has 3 aromatic rings. The molecule has 0 N–H and O–H groups in total. The number of fused-ring (bicyclic) bond motifs is 1. The van der Waals surface area contributed by atoms with E-state index in [9.17, 15) is 22.0 Å². The number of sulfonamides is 1. The molecule has 1 saturated heterocycles. The van der Waals surface area contributed by atoms with Gasteiger partial charge in [0.15, 0.2) is 0 Å². The number of amides is 1. The number of carbonyl (C=O) groups is 1. The minimum Gasteiger partial charge on any atom is -0.435 e. The predicted octanol–water partition coefficient (Wildman–Crippen LogP) is 3.37. The van der Waals surface area contributed by atoms with Gasteiger partial charge in [-0.1, -0.05) is 18.2 Å². The van der Waals surface area contributed by atoms with E-state index < -0.39 is 16.6 Å². The third-order valence-electron chi connectivity index (χ3n) is 5.40. The molecule has 0 spiro atoms. The van der Waals surface area contributed by atoms with Gasteiger partial charge in [0.25, 0.3) is 5.91 Å². The number of nitrogens with zero attached hydrogens (tertiary/aromatic N) is 3. The molecule has 0 saturated carbocycles. The number of piperazine rings is 1. The van der Waals surface area contributed by atoms with Gasteiger partial charge in [0.2, 0.25) is 10.0 Å². The van der Waals surface area contributed by atoms with Crippen LogP contribution in [0.2, 0.25) is 0 Å². The van der Waals surface area contributed by atoms with Gasteiger partial charge in [-0.2, -0.15) is 13.1 Å². The fourth-order valence-corrected chi connectivity index (χ4v) is 5.33. The molecule has 0 aliphatic carbocycles. The average Bonchev–Trinajstić information content (AvgIpc) is 2.78. The third-order valence-corrected chi connectivity index (χ3v) is 7.28. The quantitative estimate of drug-likeness (QED) is 0.582. The minimum absolute atomic E-state index is 0.0238. The summed E-state index contributed by atoms with van der Waals surface area (Å²) in [6, 6.07) is 13.6. The van der Waals surface area contributed by atoms with Crippen molar-refractivity contribution in [2.45, 2.75) is 24.5 Å². The first-order chi connectivity index (χ1) is 15.3. The van der Waals surface area contributed by atoms with E-state index in [4.69, 9.17) is 0 Å². The number of halogens is 2. The molecule has 2 heterocycles. The average molecular weight is 461 g/mol. The fourth-order valence-electron chi connectivity index (χ4n) is 3.82. The Balaban J connectivity index is 1.51. The van der Waals surface area contributed by atoms with E-state index in [0.29, 0.717) is 11.1 Å². The van der Waals surface area contributed by atoms with Crippen molar-refractivity contribution in [2.75, 3.05) is 19.6 Å². The normalized spacial score (nSPS) is 17.6. The Labute approximate surface area is 184 Å². The summed E-state index contributed by atoms with van der Waals surface area (Å²) in [6.07, 6.45) is 1.63. The number of carbonyl (C=O) groups excluding carboxylic acids is 1. The lowest BCUT2D eigenvalue weighted by atomic mass is 10.1. The molecule has 1 aliphatic heterocycles. The smallest absolute Gasteiger partial charge is 0.387 e. The Morgan fingerprint density at radius 2 is 1.81 bits per heavy atom. The van der Waals surface area contributed by atoms with E-state index >= 15 is 0 Å². The number of ether oxygens (including phenoxy) is 1. The first kappa shape index (κ1) is 22.1. The molecule has 1 aromatic heterocycles. The van der Waals surface area contributed by atoms with Crippen molar-refractivity contribution in [3.05, 3.63) is 66.4 Å². The number of hydrogen-bond donors (Lipinski definition) is 0. The standard InChI is InChI=1S/C22H21F2N3O4S/c1-15-14-26(32(29,30)18-9-7-17(8-10-18)31-22(23)24)12-13-27(15)21(28)19-6-2-4-16-5-3-11-25-20(16)19/h2-11,15,22H,12-14H2,1H3. The minimum atomic E-state index is -3.85. The number of pyridine rings is 1. The van der Waals surface area contributed by atoms with Gasteiger partial charge in [-0.15, -0.1) is 0 Å². The highest BCUT2D eigenvalue weighted by Gasteiger charge is 2.35. The van der Waals surface area contributed by atoms with Crippen LogP contribution in [0.3, 0.4) is 0 Å². The first-order valence-corrected chi connectivity index (χ1v) is 11.4. The molecular formula is C22H21F2N3O4S. The van der Waals surface area contributed by atoms with Crippen LogP contribution >= 0.6 is 0 Å². The fraction of sp³-hybridized carbons (Fsp3) is 0.273. The zero-order valence-electron chi connectivity index (χ0n) is 17.2. The zero-order chi connectivity index (χ0) is 22.9. The van der Waals surface area contributed by atoms with Gasteiger partial charge >= 0.3 is 6.61 Å². The summed E-state index contributed by atoms with van der Waals surface area (Å²) in [6.45, 7) is -0.749. The molecule has 1 aliphatic rings. The predicted molar refractivity (Wildman–Crippen MR) is 114 cm³/mol. The topological polar surface area (TPSA) is 79.8 Å². The highest BCUT2D eigenvalue weighted by molar-refractivity contribution is 7.89. The maximum atomic E-state index is 13.2. The number of alkyl halides is 2. The Morgan fingerprint density at radius 1 is 1.09 bits per heavy atom. The molecule has 32 heavy (non-hydrogen) atoms. The summed E-state index contributed by atoms with van der Waals surface area (Å²) >= 11 is 0. The molecule has 7 nitrogen and oxygen atoms in total. The van der Waals surface area contributed by atoms with Crippen LogP contribution in [-0.4, -0.2) is 60.8 Å². The van der Waals surface area contributed by atoms with Crippen molar-refractivity contribution >= 4 is 26.8 Å². The lowest BCUT2D eigenvalue weighted by Gasteiger charge is -2.39. The van der Waals surface area contributed by atoms with Gasteiger partial charge in [-0.25, -0.2) is 8.42 Å². The maximum absolute atomic E-state index is 13.2. The van der Waals surface area contributed by atoms with Crippen LogP contribution in [0.15, 0.2) is 65.7 Å². The van der Waals surface area contributed by atoms with Gasteiger partial charge in [-0.05, 0) is 43.3 Å². The van der Waals surface area contributed by atoms with Crippen molar-refractivity contribution in [3.63, 3.8) is 0 Å². The van der Waals surface area contributed by atoms with Crippen LogP contribution < -0.4 is 4.74 Å². The van der Waals surface area contributed by atoms with Gasteiger partial charge in [0.05, 0.1) is 16.0 Å². The lowest BCUT2D eigenvalue weighted by Crippen LogP contribution is -2.55. The highest BCUT2D eigenvalue weighted by atomic mass is 32.2. The second-order valence-corrected chi connectivity index (χ2v) is 9.38. The van der Waals surface area contributed by atoms with Crippen LogP contribution in [0.1, 0.15) is 17.3 Å². The molecule has 2 aromatic carbocycles. The van der Waals surface area contributed by atoms with Crippen molar-refractivity contribution in [1.29, 1.82) is 0 Å². The second-order valence-electron chi connectivity index (χ2n) is 7.44. The summed E-state index contributed by atoms with van der Waals surface area (Å²) in [5.41, 5.74) is 1.08. The third kappa shape index (κ3) is 4.28. The second kappa shape index (κ2) is 8.79. The van der Waals surface area contributed by atoms with E-state index in [1.54, 1.807) is 36.2 Å². The number of para-hydroxylation sites is 1. The van der Waals surface area contributed by atoms with Crippen molar-refractivity contribution < 1.29 is 26.7 Å². The molecular weight excluding hydrogens is 440 g/mol. The van der Waals surface area contributed by atoms with E-state index in [1.807, 2.05) is 12.1 Å². The van der Waals surface area contributed by atoms with Crippen LogP contribution in [0, 0.1) is 0 Å². The van der Waals surface area contributed by atoms with Crippen LogP contribution in [-0.2, 0) is 10.0 Å². The van der Waals surface area contributed by atoms with Gasteiger partial charge < -0.3 is 9.64 Å². The van der Waals surface area contributed by atoms with E-state index in [0.717, 1.165) is 5.39 Å². The molecule has 168 valence electrons. The number of aromatic nitrogens is 1. The van der Waals surface area contributed by atoms with Crippen LogP contribution in [0.5, 0.6) is 5.75 Å². The number of hydrogen-bond acceptors (Lipinski definition) is 5. The zero-order valence-corrected chi connectivity index (χ0v) is 18.0. The van der Waals surface area contributed by atoms with Crippen molar-refractivity contribution in [2.24, 2.45) is 0 Å². The Kier molecular flexibility index (Phi) is 6.07. The molecule has 1 amide bonds. The summed E-state index contributed by atoms with van der Waals surface area (Å²) in [7, 11) is -3.85. The molecule has 0 radical (unpaired) electrons. The summed E-state index contributed by atoms with van der Waals surface area (Å²) in [4.78, 5) is 19.2. The largest absolute Gasteiger partial charge is 0.435 e. The van der Waals surface area contributed by atoms with Crippen molar-refractivity contribution in [3.8, 4) is 5.75 Å². The van der Waals surface area contributed by atoms with Gasteiger partial charge in [-0.3, -0.25) is 9.78 Å². The molecule has 1 fully saturated rings. The summed E-state index contributed by atoms with van der Waals surface area (Å²) < 4.78 is 56.2. The van der Waals surface area contributed by atoms with Crippen LogP contribution in [0.4, 0.5) is 8.78 Å². The SMILES string of the molecule is CC1CN(S(=O)(=O)c2ccc(OC(F)F)cc2)CCN1C(=O)c1cccc2cccnc12. The van der Waals surface area contributed by atoms with E-state index in [-0.39, 0.29) is 42.2 Å². The monoisotopic (exact) mass is 461 g/mol. The van der Waals surface area contributed by atoms with E-state index in [2.05, 4.69) is 9.72 Å². The summed E-state index contributed by atoms with van der Waals surface area (Å²) in [5.74, 6) is -0.321. The molecule has 1 unspecified atom stereocenters. The Hall–Kier alpha value is -3.11. The molecule has 4 rings (SSSR count). The highest BCUT2D eigenvalue weighted by Crippen LogP contribution is 2.25. The van der Waals surface area contributed by atoms with Gasteiger partial charge in [0, 0.05) is 37.3 Å². The lowest BCUT2D eigenvalue weighted by molar-refractivity contribution is -0.0498. The van der Waals surface area contributed by atoms with Crippen molar-refractivity contribution in [1.82, 2.24) is 14.2 Å². The van der Waals surface area contributed by atoms with Crippen LogP contribution in [0.25, 0.3) is 10.9 Å². The van der Waals surface area contributed by atoms with E-state index in [1.165, 1.54) is 28.6 Å².